The van der Waals surface area contributed by atoms with Crippen molar-refractivity contribution >= 4 is 11.8 Å². The number of hydrogen-bond donors (Lipinski definition) is 2. The second kappa shape index (κ2) is 9.43. The van der Waals surface area contributed by atoms with E-state index in [-0.39, 0.29) is 24.5 Å². The lowest BCUT2D eigenvalue weighted by molar-refractivity contribution is -0.147. The highest BCUT2D eigenvalue weighted by Gasteiger charge is 2.56. The molecule has 36 heavy (non-hydrogen) atoms. The lowest BCUT2D eigenvalue weighted by atomic mass is 9.79. The normalized spacial score (nSPS) is 25.9. The highest BCUT2D eigenvalue weighted by atomic mass is 16.7. The van der Waals surface area contributed by atoms with Crippen LogP contribution in [0.25, 0.3) is 0 Å². The average molecular weight is 491 g/mol. The predicted octanol–water partition coefficient (Wildman–Crippen LogP) is 3.25. The van der Waals surface area contributed by atoms with Crippen LogP contribution in [0, 0.1) is 23.7 Å². The molecule has 2 heterocycles. The maximum atomic E-state index is 13.3. The highest BCUT2D eigenvalue weighted by molar-refractivity contribution is 5.86. The number of fused-ring (bicyclic) bond motifs is 2. The van der Waals surface area contributed by atoms with Crippen LogP contribution in [0.1, 0.15) is 43.2 Å². The van der Waals surface area contributed by atoms with Crippen LogP contribution in [-0.2, 0) is 21.6 Å². The molecule has 0 radical (unpaired) electrons. The zero-order valence-corrected chi connectivity index (χ0v) is 20.5. The average Bonchev–Trinajstić information content (AvgIpc) is 3.45. The SMILES string of the molecule is O=C(CCc1ccc2c(c1)OCO2)N1C[C@@H]2C(CNC(=O)C(O)(c3ccccc3)C3CCCC3)[C@@H]2C1. The fourth-order valence-electron chi connectivity index (χ4n) is 6.60. The van der Waals surface area contributed by atoms with Gasteiger partial charge in [-0.3, -0.25) is 9.59 Å². The van der Waals surface area contributed by atoms with Crippen molar-refractivity contribution in [1.82, 2.24) is 10.2 Å². The molecule has 7 heteroatoms. The number of rotatable bonds is 8. The number of carbonyl (C=O) groups is 2. The number of nitrogens with zero attached hydrogens (tertiary/aromatic N) is 1. The van der Waals surface area contributed by atoms with Crippen LogP contribution >= 0.6 is 0 Å². The minimum absolute atomic E-state index is 0.0449. The number of ether oxygens (including phenoxy) is 2. The first kappa shape index (κ1) is 23.3. The summed E-state index contributed by atoms with van der Waals surface area (Å²) >= 11 is 0. The van der Waals surface area contributed by atoms with Gasteiger partial charge in [-0.15, -0.1) is 0 Å². The Hall–Kier alpha value is -3.06. The Labute approximate surface area is 211 Å². The van der Waals surface area contributed by atoms with E-state index in [9.17, 15) is 14.7 Å². The van der Waals surface area contributed by atoms with Gasteiger partial charge in [0.15, 0.2) is 17.1 Å². The first-order valence-electron chi connectivity index (χ1n) is 13.3. The minimum Gasteiger partial charge on any atom is -0.454 e. The van der Waals surface area contributed by atoms with E-state index in [1.165, 1.54) is 0 Å². The molecule has 0 aromatic heterocycles. The molecular formula is C29H34N2O5. The van der Waals surface area contributed by atoms with Crippen molar-refractivity contribution in [3.05, 3.63) is 59.7 Å². The molecule has 7 nitrogen and oxygen atoms in total. The van der Waals surface area contributed by atoms with E-state index in [1.807, 2.05) is 53.4 Å². The van der Waals surface area contributed by atoms with E-state index in [2.05, 4.69) is 5.32 Å². The van der Waals surface area contributed by atoms with E-state index in [0.717, 1.165) is 55.8 Å². The Morgan fingerprint density at radius 1 is 1.00 bits per heavy atom. The Bertz CT molecular complexity index is 1120. The Morgan fingerprint density at radius 3 is 2.47 bits per heavy atom. The fourth-order valence-corrected chi connectivity index (χ4v) is 6.60. The van der Waals surface area contributed by atoms with Gasteiger partial charge < -0.3 is 24.8 Å². The largest absolute Gasteiger partial charge is 0.454 e. The number of piperidine rings is 1. The Morgan fingerprint density at radius 2 is 1.72 bits per heavy atom. The maximum absolute atomic E-state index is 13.3. The molecule has 2 amide bonds. The van der Waals surface area contributed by atoms with Crippen molar-refractivity contribution in [3.8, 4) is 11.5 Å². The number of likely N-dealkylation sites (tertiary alicyclic amines) is 1. The number of amides is 2. The second-order valence-electron chi connectivity index (χ2n) is 10.8. The molecule has 4 aliphatic rings. The minimum atomic E-state index is -1.47. The summed E-state index contributed by atoms with van der Waals surface area (Å²) in [4.78, 5) is 28.1. The first-order chi connectivity index (χ1) is 17.5. The predicted molar refractivity (Wildman–Crippen MR) is 133 cm³/mol. The number of aryl methyl sites for hydroxylation is 1. The van der Waals surface area contributed by atoms with Crippen LogP contribution in [0.5, 0.6) is 11.5 Å². The monoisotopic (exact) mass is 490 g/mol. The van der Waals surface area contributed by atoms with Gasteiger partial charge in [0.1, 0.15) is 0 Å². The van der Waals surface area contributed by atoms with Crippen molar-refractivity contribution in [2.24, 2.45) is 23.7 Å². The summed E-state index contributed by atoms with van der Waals surface area (Å²) < 4.78 is 10.8. The first-order valence-corrected chi connectivity index (χ1v) is 13.3. The van der Waals surface area contributed by atoms with Crippen LogP contribution in [0.15, 0.2) is 48.5 Å². The van der Waals surface area contributed by atoms with Gasteiger partial charge in [-0.2, -0.15) is 0 Å². The molecule has 2 unspecified atom stereocenters. The van der Waals surface area contributed by atoms with Crippen molar-refractivity contribution in [3.63, 3.8) is 0 Å². The molecule has 4 atom stereocenters. The topological polar surface area (TPSA) is 88.1 Å². The molecule has 2 saturated carbocycles. The summed E-state index contributed by atoms with van der Waals surface area (Å²) in [6.07, 6.45) is 5.01. The van der Waals surface area contributed by atoms with Crippen LogP contribution < -0.4 is 14.8 Å². The second-order valence-corrected chi connectivity index (χ2v) is 10.8. The van der Waals surface area contributed by atoms with Gasteiger partial charge in [0, 0.05) is 32.0 Å². The molecule has 2 N–H and O–H groups in total. The summed E-state index contributed by atoms with van der Waals surface area (Å²) in [6.45, 7) is 2.34. The smallest absolute Gasteiger partial charge is 0.256 e. The van der Waals surface area contributed by atoms with Crippen molar-refractivity contribution in [1.29, 1.82) is 0 Å². The molecule has 2 aromatic rings. The third kappa shape index (κ3) is 4.23. The number of benzene rings is 2. The Kier molecular flexibility index (Phi) is 6.12. The van der Waals surface area contributed by atoms with Crippen LogP contribution in [0.2, 0.25) is 0 Å². The van der Waals surface area contributed by atoms with Crippen LogP contribution in [0.4, 0.5) is 0 Å². The highest BCUT2D eigenvalue weighted by Crippen LogP contribution is 2.51. The van der Waals surface area contributed by atoms with E-state index in [1.54, 1.807) is 0 Å². The van der Waals surface area contributed by atoms with Gasteiger partial charge in [-0.05, 0) is 60.3 Å². The number of carbonyl (C=O) groups excluding carboxylic acids is 2. The maximum Gasteiger partial charge on any atom is 0.256 e. The summed E-state index contributed by atoms with van der Waals surface area (Å²) in [5, 5.41) is 14.7. The quantitative estimate of drug-likeness (QED) is 0.593. The van der Waals surface area contributed by atoms with Gasteiger partial charge in [0.05, 0.1) is 0 Å². The number of aliphatic hydroxyl groups is 1. The molecular weight excluding hydrogens is 456 g/mol. The van der Waals surface area contributed by atoms with Gasteiger partial charge in [0.25, 0.3) is 5.91 Å². The summed E-state index contributed by atoms with van der Waals surface area (Å²) in [6, 6.07) is 15.2. The standard InChI is InChI=1S/C29H34N2O5/c32-27(13-11-19-10-12-25-26(14-19)36-18-35-25)31-16-23-22(24(23)17-31)15-30-28(33)29(34,21-8-4-5-9-21)20-6-2-1-3-7-20/h1-3,6-7,10,12,14,21-24,34H,4-5,8-9,11,13,15-18H2,(H,30,33)/t22?,23-,24+,29?. The van der Waals surface area contributed by atoms with Gasteiger partial charge >= 0.3 is 0 Å². The number of hydrogen-bond acceptors (Lipinski definition) is 5. The molecule has 6 rings (SSSR count). The van der Waals surface area contributed by atoms with E-state index in [0.29, 0.717) is 42.7 Å². The van der Waals surface area contributed by atoms with Crippen molar-refractivity contribution in [2.45, 2.75) is 44.1 Å². The molecule has 0 spiro atoms. The lowest BCUT2D eigenvalue weighted by Crippen LogP contribution is -2.49. The third-order valence-electron chi connectivity index (χ3n) is 8.79. The van der Waals surface area contributed by atoms with E-state index >= 15 is 0 Å². The molecule has 2 aromatic carbocycles. The summed E-state index contributed by atoms with van der Waals surface area (Å²) in [5.74, 6) is 2.64. The zero-order chi connectivity index (χ0) is 24.7. The number of nitrogens with one attached hydrogen (secondary N) is 1. The third-order valence-corrected chi connectivity index (χ3v) is 8.79. The van der Waals surface area contributed by atoms with Gasteiger partial charge in [-0.1, -0.05) is 49.2 Å². The molecule has 2 aliphatic heterocycles. The zero-order valence-electron chi connectivity index (χ0n) is 20.5. The lowest BCUT2D eigenvalue weighted by Gasteiger charge is -2.33. The van der Waals surface area contributed by atoms with Gasteiger partial charge in [0.2, 0.25) is 12.7 Å². The molecule has 3 fully saturated rings. The van der Waals surface area contributed by atoms with Gasteiger partial charge in [-0.25, -0.2) is 0 Å². The van der Waals surface area contributed by atoms with E-state index in [4.69, 9.17) is 9.47 Å². The fraction of sp³-hybridized carbons (Fsp3) is 0.517. The summed E-state index contributed by atoms with van der Waals surface area (Å²) in [5.41, 5.74) is 0.286. The molecule has 0 bridgehead atoms. The molecule has 190 valence electrons. The molecule has 1 saturated heterocycles. The van der Waals surface area contributed by atoms with Crippen LogP contribution in [-0.4, -0.2) is 48.2 Å². The van der Waals surface area contributed by atoms with E-state index < -0.39 is 5.60 Å². The van der Waals surface area contributed by atoms with Crippen LogP contribution in [0.3, 0.4) is 0 Å². The molecule has 2 aliphatic carbocycles. The Balaban J connectivity index is 0.993. The van der Waals surface area contributed by atoms with Crippen molar-refractivity contribution < 1.29 is 24.2 Å². The van der Waals surface area contributed by atoms with Crippen molar-refractivity contribution in [2.75, 3.05) is 26.4 Å². The summed E-state index contributed by atoms with van der Waals surface area (Å²) in [7, 11) is 0.